The molecule has 3 aliphatic rings. The number of anilines is 1. The van der Waals surface area contributed by atoms with Gasteiger partial charge in [-0.05, 0) is 51.3 Å². The van der Waals surface area contributed by atoms with E-state index in [2.05, 4.69) is 5.32 Å². The number of nitrogens with one attached hydrogen (secondary N) is 1. The summed E-state index contributed by atoms with van der Waals surface area (Å²) in [7, 11) is 6.03. The van der Waals surface area contributed by atoms with Crippen molar-refractivity contribution in [3.8, 4) is 5.75 Å². The molecule has 2 N–H and O–H groups in total. The van der Waals surface area contributed by atoms with E-state index in [-0.39, 0.29) is 30.2 Å². The second-order valence-electron chi connectivity index (χ2n) is 13.7. The molecular weight excluding hydrogens is 670 g/mol. The molecule has 2 saturated heterocycles. The van der Waals surface area contributed by atoms with E-state index < -0.39 is 65.7 Å². The lowest BCUT2D eigenvalue weighted by Gasteiger charge is -2.42. The minimum atomic E-state index is -1.82. The van der Waals surface area contributed by atoms with Crippen molar-refractivity contribution < 1.29 is 48.0 Å². The molecule has 1 aromatic carbocycles. The van der Waals surface area contributed by atoms with Crippen molar-refractivity contribution in [3.63, 3.8) is 0 Å². The van der Waals surface area contributed by atoms with Gasteiger partial charge in [0.2, 0.25) is 11.8 Å². The number of allylic oxidation sites excluding steroid dienone is 3. The topological polar surface area (TPSA) is 156 Å². The van der Waals surface area contributed by atoms with Gasteiger partial charge in [-0.25, -0.2) is 9.59 Å². The molecule has 1 aromatic rings. The first kappa shape index (κ1) is 39.1. The molecule has 4 rings (SSSR count). The summed E-state index contributed by atoms with van der Waals surface area (Å²) in [4.78, 5) is 55.7. The normalized spacial score (nSPS) is 32.3. The van der Waals surface area contributed by atoms with Crippen LogP contribution in [0.5, 0.6) is 5.75 Å². The van der Waals surface area contributed by atoms with Gasteiger partial charge in [0.05, 0.1) is 25.3 Å². The van der Waals surface area contributed by atoms with Gasteiger partial charge in [0.1, 0.15) is 40.7 Å². The highest BCUT2D eigenvalue weighted by atomic mass is 35.5. The summed E-state index contributed by atoms with van der Waals surface area (Å²) in [5.74, 6) is -1.49. The van der Waals surface area contributed by atoms with Crippen LogP contribution in [0.2, 0.25) is 5.02 Å². The molecule has 0 aromatic heterocycles. The summed E-state index contributed by atoms with van der Waals surface area (Å²) >= 11 is 6.74. The van der Waals surface area contributed by atoms with E-state index in [9.17, 15) is 24.3 Å². The Morgan fingerprint density at radius 2 is 1.96 bits per heavy atom. The van der Waals surface area contributed by atoms with Crippen LogP contribution in [0.4, 0.5) is 10.5 Å². The highest BCUT2D eigenvalue weighted by Crippen LogP contribution is 2.49. The zero-order valence-electron chi connectivity index (χ0n) is 30.3. The molecule has 14 heteroatoms. The molecule has 3 unspecified atom stereocenters. The number of nitrogens with zero attached hydrogens (tertiary/aromatic N) is 2. The molecule has 3 heterocycles. The van der Waals surface area contributed by atoms with Gasteiger partial charge in [0, 0.05) is 40.0 Å². The lowest BCUT2D eigenvalue weighted by molar-refractivity contribution is -0.162. The molecule has 276 valence electrons. The third-order valence-corrected chi connectivity index (χ3v) is 10.4. The maximum absolute atomic E-state index is 14.0. The summed E-state index contributed by atoms with van der Waals surface area (Å²) in [5, 5.41) is 14.4. The second-order valence-corrected chi connectivity index (χ2v) is 14.0. The molecule has 3 amide bonds. The second kappa shape index (κ2) is 15.7. The molecule has 2 fully saturated rings. The smallest absolute Gasteiger partial charge is 0.409 e. The van der Waals surface area contributed by atoms with Crippen molar-refractivity contribution in [2.75, 3.05) is 33.2 Å². The summed E-state index contributed by atoms with van der Waals surface area (Å²) in [6, 6.07) is 2.65. The molecule has 0 aliphatic carbocycles. The van der Waals surface area contributed by atoms with E-state index >= 15 is 0 Å². The number of hydrogen-bond donors (Lipinski definition) is 2. The SMILES string of the molecule is CCCC(=O)N(C)[C@@H](C)C(=O)O[C@H]1CC(=O)N(C)c2cc(cc(OC)c2Cl)C/C(C)=C/C=C/[C@@H](OC)[C@@]2(O)CC(OC(=O)N2)[C@@H](C)C2OC21C. The minimum Gasteiger partial charge on any atom is -0.495 e. The number of ether oxygens (including phenoxy) is 5. The number of aliphatic hydroxyl groups is 1. The first-order valence-electron chi connectivity index (χ1n) is 16.8. The number of halogens is 1. The molecule has 50 heavy (non-hydrogen) atoms. The van der Waals surface area contributed by atoms with Crippen molar-refractivity contribution in [3.05, 3.63) is 46.5 Å². The Balaban J connectivity index is 1.78. The van der Waals surface area contributed by atoms with Crippen molar-refractivity contribution in [2.45, 2.75) is 109 Å². The quantitative estimate of drug-likeness (QED) is 0.308. The first-order chi connectivity index (χ1) is 23.5. The maximum Gasteiger partial charge on any atom is 0.409 e. The number of amides is 3. The van der Waals surface area contributed by atoms with Crippen molar-refractivity contribution in [1.82, 2.24) is 10.2 Å². The number of likely N-dealkylation sites (N-methyl/N-ethyl adjacent to an activating group) is 1. The minimum absolute atomic E-state index is 0.0426. The number of carbonyl (C=O) groups excluding carboxylic acids is 4. The molecular formula is C36H50ClN3O10. The summed E-state index contributed by atoms with van der Waals surface area (Å²) < 4.78 is 29.1. The number of carbonyl (C=O) groups is 4. The van der Waals surface area contributed by atoms with Gasteiger partial charge in [0.25, 0.3) is 0 Å². The highest BCUT2D eigenvalue weighted by Gasteiger charge is 2.64. The van der Waals surface area contributed by atoms with Crippen LogP contribution in [0.1, 0.15) is 65.9 Å². The third kappa shape index (κ3) is 8.28. The van der Waals surface area contributed by atoms with Gasteiger partial charge >= 0.3 is 12.1 Å². The van der Waals surface area contributed by atoms with E-state index in [1.807, 2.05) is 19.9 Å². The van der Waals surface area contributed by atoms with E-state index in [4.69, 9.17) is 35.3 Å². The lowest BCUT2D eigenvalue weighted by atomic mass is 9.83. The predicted molar refractivity (Wildman–Crippen MR) is 186 cm³/mol. The van der Waals surface area contributed by atoms with E-state index in [0.29, 0.717) is 24.3 Å². The van der Waals surface area contributed by atoms with Crippen molar-refractivity contribution in [2.24, 2.45) is 5.92 Å². The summed E-state index contributed by atoms with van der Waals surface area (Å²) in [5.41, 5.74) is -0.868. The monoisotopic (exact) mass is 719 g/mol. The van der Waals surface area contributed by atoms with Crippen LogP contribution in [0.15, 0.2) is 35.9 Å². The number of alkyl carbamates (subject to hydrolysis) is 1. The zero-order valence-corrected chi connectivity index (χ0v) is 31.0. The van der Waals surface area contributed by atoms with Crippen molar-refractivity contribution >= 4 is 41.2 Å². The number of rotatable bonds is 7. The van der Waals surface area contributed by atoms with E-state index in [0.717, 1.165) is 11.1 Å². The predicted octanol–water partition coefficient (Wildman–Crippen LogP) is 4.31. The number of epoxide rings is 1. The Labute approximate surface area is 298 Å². The molecule has 8 atom stereocenters. The van der Waals surface area contributed by atoms with Gasteiger partial charge in [-0.15, -0.1) is 0 Å². The van der Waals surface area contributed by atoms with Gasteiger partial charge < -0.3 is 38.6 Å². The van der Waals surface area contributed by atoms with Crippen molar-refractivity contribution in [1.29, 1.82) is 0 Å². The number of fused-ring (bicyclic) bond motifs is 5. The van der Waals surface area contributed by atoms with E-state index in [1.165, 1.54) is 31.1 Å². The fraction of sp³-hybridized carbons (Fsp3) is 0.611. The number of methoxy groups -OCH3 is 2. The summed E-state index contributed by atoms with van der Waals surface area (Å²) in [6.45, 7) is 8.88. The zero-order chi connectivity index (χ0) is 37.1. The molecule has 0 radical (unpaired) electrons. The van der Waals surface area contributed by atoms with Crippen LogP contribution < -0.4 is 15.0 Å². The number of hydrogen-bond acceptors (Lipinski definition) is 10. The van der Waals surface area contributed by atoms with Gasteiger partial charge in [-0.2, -0.15) is 0 Å². The standard InChI is InChI=1S/C36H50ClN3O10/c1-10-12-29(41)39(6)22(4)33(43)49-28-18-30(42)40(7)24-16-23(17-25(46-8)31(24)37)15-20(2)13-11-14-27(47-9)36(45)19-26(48-34(44)38-36)21(3)32-35(28,5)50-32/h11,13-14,16-17,21-22,26-28,32,45H,10,12,15,18-19H2,1-9H3,(H,38,44)/b14-11+,20-13+/t21-,22+,26?,27-,28+,32?,35?,36+/m1/s1. The van der Waals surface area contributed by atoms with Crippen LogP contribution in [-0.4, -0.2) is 104 Å². The third-order valence-electron chi connectivity index (χ3n) is 9.99. The highest BCUT2D eigenvalue weighted by molar-refractivity contribution is 6.35. The van der Waals surface area contributed by atoms with Crippen LogP contribution >= 0.6 is 11.6 Å². The molecule has 0 spiro atoms. The van der Waals surface area contributed by atoms with Crippen LogP contribution in [0.3, 0.4) is 0 Å². The Bertz CT molecular complexity index is 1530. The average molecular weight is 720 g/mol. The molecule has 13 nitrogen and oxygen atoms in total. The van der Waals surface area contributed by atoms with Crippen LogP contribution in [0.25, 0.3) is 0 Å². The van der Waals surface area contributed by atoms with Gasteiger partial charge in [-0.3, -0.25) is 14.9 Å². The largest absolute Gasteiger partial charge is 0.495 e. The fourth-order valence-corrected chi connectivity index (χ4v) is 6.92. The fourth-order valence-electron chi connectivity index (χ4n) is 6.61. The first-order valence-corrected chi connectivity index (χ1v) is 17.2. The Kier molecular flexibility index (Phi) is 12.3. The summed E-state index contributed by atoms with van der Waals surface area (Å²) in [6.07, 6.45) is 1.91. The Morgan fingerprint density at radius 1 is 1.26 bits per heavy atom. The van der Waals surface area contributed by atoms with Crippen LogP contribution in [-0.2, 0) is 39.8 Å². The Hall–Kier alpha value is -3.65. The maximum atomic E-state index is 14.0. The number of benzene rings is 1. The average Bonchev–Trinajstić information content (AvgIpc) is 3.76. The Morgan fingerprint density at radius 3 is 2.60 bits per heavy atom. The molecule has 4 bridgehead atoms. The van der Waals surface area contributed by atoms with E-state index in [1.54, 1.807) is 52.1 Å². The lowest BCUT2D eigenvalue weighted by Crippen LogP contribution is -2.63. The van der Waals surface area contributed by atoms with Gasteiger partial charge in [0.15, 0.2) is 5.72 Å². The number of esters is 1. The van der Waals surface area contributed by atoms with Gasteiger partial charge in [-0.1, -0.05) is 49.2 Å². The molecule has 3 aliphatic heterocycles. The van der Waals surface area contributed by atoms with Crippen LogP contribution in [0, 0.1) is 5.92 Å². The molecule has 0 saturated carbocycles.